The van der Waals surface area contributed by atoms with Crippen molar-refractivity contribution < 1.29 is 9.84 Å². The summed E-state index contributed by atoms with van der Waals surface area (Å²) in [5.74, 6) is 1.03. The average molecular weight is 221 g/mol. The first-order valence-corrected chi connectivity index (χ1v) is 5.89. The molecule has 1 N–H and O–H groups in total. The van der Waals surface area contributed by atoms with Crippen LogP contribution in [0.15, 0.2) is 18.2 Å². The molecule has 0 fully saturated rings. The van der Waals surface area contributed by atoms with Crippen molar-refractivity contribution in [2.75, 3.05) is 31.7 Å². The standard InChI is InChI=1S/C13H19NO2/c1-14(7-2-3-8-15)12-4-5-13-11(10-12)6-9-16-13/h4-5,10,15H,2-3,6-9H2,1H3. The lowest BCUT2D eigenvalue weighted by Crippen LogP contribution is -2.18. The first-order chi connectivity index (χ1) is 7.81. The number of hydrogen-bond donors (Lipinski definition) is 1. The number of aliphatic hydroxyl groups is 1. The Morgan fingerprint density at radius 1 is 1.38 bits per heavy atom. The van der Waals surface area contributed by atoms with Gasteiger partial charge in [-0.3, -0.25) is 0 Å². The number of ether oxygens (including phenoxy) is 1. The molecule has 0 atom stereocenters. The SMILES string of the molecule is CN(CCCCO)c1ccc2c(c1)CCO2. The molecule has 0 unspecified atom stereocenters. The number of benzene rings is 1. The molecule has 0 saturated carbocycles. The second-order valence-electron chi connectivity index (χ2n) is 4.24. The van der Waals surface area contributed by atoms with Gasteiger partial charge in [-0.2, -0.15) is 0 Å². The second kappa shape index (κ2) is 5.21. The smallest absolute Gasteiger partial charge is 0.122 e. The van der Waals surface area contributed by atoms with Gasteiger partial charge in [0.15, 0.2) is 0 Å². The molecule has 0 saturated heterocycles. The monoisotopic (exact) mass is 221 g/mol. The van der Waals surface area contributed by atoms with E-state index in [1.54, 1.807) is 0 Å². The summed E-state index contributed by atoms with van der Waals surface area (Å²) in [6.45, 7) is 2.08. The van der Waals surface area contributed by atoms with E-state index in [4.69, 9.17) is 9.84 Å². The Kier molecular flexibility index (Phi) is 3.67. The maximum absolute atomic E-state index is 8.74. The third-order valence-corrected chi connectivity index (χ3v) is 3.02. The summed E-state index contributed by atoms with van der Waals surface area (Å²) >= 11 is 0. The van der Waals surface area contributed by atoms with E-state index >= 15 is 0 Å². The van der Waals surface area contributed by atoms with Gasteiger partial charge < -0.3 is 14.7 Å². The van der Waals surface area contributed by atoms with Crippen LogP contribution in [0.4, 0.5) is 5.69 Å². The molecule has 3 heteroatoms. The number of rotatable bonds is 5. The Morgan fingerprint density at radius 2 is 2.25 bits per heavy atom. The van der Waals surface area contributed by atoms with E-state index < -0.39 is 0 Å². The molecule has 0 radical (unpaired) electrons. The lowest BCUT2D eigenvalue weighted by molar-refractivity contribution is 0.285. The summed E-state index contributed by atoms with van der Waals surface area (Å²) in [5.41, 5.74) is 2.55. The molecule has 1 heterocycles. The quantitative estimate of drug-likeness (QED) is 0.770. The molecule has 1 aliphatic rings. The highest BCUT2D eigenvalue weighted by atomic mass is 16.5. The Bertz CT molecular complexity index is 352. The lowest BCUT2D eigenvalue weighted by atomic mass is 10.1. The van der Waals surface area contributed by atoms with Crippen molar-refractivity contribution in [1.29, 1.82) is 0 Å². The minimum atomic E-state index is 0.284. The number of nitrogens with zero attached hydrogens (tertiary/aromatic N) is 1. The van der Waals surface area contributed by atoms with Gasteiger partial charge in [-0.25, -0.2) is 0 Å². The maximum atomic E-state index is 8.74. The van der Waals surface area contributed by atoms with Gasteiger partial charge >= 0.3 is 0 Å². The van der Waals surface area contributed by atoms with Crippen LogP contribution < -0.4 is 9.64 Å². The van der Waals surface area contributed by atoms with Gasteiger partial charge in [-0.15, -0.1) is 0 Å². The maximum Gasteiger partial charge on any atom is 0.122 e. The summed E-state index contributed by atoms with van der Waals surface area (Å²) in [6, 6.07) is 6.37. The number of anilines is 1. The predicted octanol–water partition coefficient (Wildman–Crippen LogP) is 1.83. The molecule has 88 valence electrons. The van der Waals surface area contributed by atoms with Gasteiger partial charge in [0, 0.05) is 32.3 Å². The summed E-state index contributed by atoms with van der Waals surface area (Å²) in [4.78, 5) is 2.23. The molecule has 0 aromatic heterocycles. The molecule has 2 rings (SSSR count). The summed E-state index contributed by atoms with van der Waals surface area (Å²) in [6.07, 6.45) is 2.92. The van der Waals surface area contributed by atoms with Gasteiger partial charge in [0.25, 0.3) is 0 Å². The van der Waals surface area contributed by atoms with E-state index in [-0.39, 0.29) is 6.61 Å². The number of fused-ring (bicyclic) bond motifs is 1. The first-order valence-electron chi connectivity index (χ1n) is 5.89. The average Bonchev–Trinajstić information content (AvgIpc) is 2.76. The largest absolute Gasteiger partial charge is 0.493 e. The summed E-state index contributed by atoms with van der Waals surface area (Å²) < 4.78 is 5.48. The van der Waals surface area contributed by atoms with Crippen molar-refractivity contribution in [2.24, 2.45) is 0 Å². The summed E-state index contributed by atoms with van der Waals surface area (Å²) in [5, 5.41) is 8.74. The number of aliphatic hydroxyl groups excluding tert-OH is 1. The molecular formula is C13H19NO2. The van der Waals surface area contributed by atoms with Crippen molar-refractivity contribution in [3.05, 3.63) is 23.8 Å². The van der Waals surface area contributed by atoms with E-state index in [2.05, 4.69) is 30.1 Å². The molecule has 3 nitrogen and oxygen atoms in total. The van der Waals surface area contributed by atoms with E-state index in [0.29, 0.717) is 0 Å². The highest BCUT2D eigenvalue weighted by Gasteiger charge is 2.13. The Labute approximate surface area is 96.6 Å². The van der Waals surface area contributed by atoms with Crippen LogP contribution in [0, 0.1) is 0 Å². The molecule has 0 amide bonds. The van der Waals surface area contributed by atoms with Crippen molar-refractivity contribution in [3.63, 3.8) is 0 Å². The topological polar surface area (TPSA) is 32.7 Å². The highest BCUT2D eigenvalue weighted by Crippen LogP contribution is 2.29. The molecule has 0 aliphatic carbocycles. The third-order valence-electron chi connectivity index (χ3n) is 3.02. The minimum absolute atomic E-state index is 0.284. The van der Waals surface area contributed by atoms with Crippen LogP contribution in [0.25, 0.3) is 0 Å². The fourth-order valence-electron chi connectivity index (χ4n) is 2.00. The van der Waals surface area contributed by atoms with E-state index in [9.17, 15) is 0 Å². The van der Waals surface area contributed by atoms with E-state index in [1.807, 2.05) is 0 Å². The molecule has 1 aromatic rings. The van der Waals surface area contributed by atoms with Crippen LogP contribution in [0.3, 0.4) is 0 Å². The van der Waals surface area contributed by atoms with Crippen molar-refractivity contribution in [3.8, 4) is 5.75 Å². The lowest BCUT2D eigenvalue weighted by Gasteiger charge is -2.19. The van der Waals surface area contributed by atoms with Crippen LogP contribution in [0.1, 0.15) is 18.4 Å². The molecule has 1 aliphatic heterocycles. The zero-order chi connectivity index (χ0) is 11.4. The zero-order valence-electron chi connectivity index (χ0n) is 9.78. The molecule has 16 heavy (non-hydrogen) atoms. The third kappa shape index (κ3) is 2.47. The van der Waals surface area contributed by atoms with Crippen LogP contribution in [0.2, 0.25) is 0 Å². The number of unbranched alkanes of at least 4 members (excludes halogenated alkanes) is 1. The van der Waals surface area contributed by atoms with Crippen LogP contribution in [-0.2, 0) is 6.42 Å². The van der Waals surface area contributed by atoms with Crippen molar-refractivity contribution >= 4 is 5.69 Å². The van der Waals surface area contributed by atoms with Gasteiger partial charge in [-0.05, 0) is 36.6 Å². The molecule has 0 bridgehead atoms. The highest BCUT2D eigenvalue weighted by molar-refractivity contribution is 5.53. The summed E-state index contributed by atoms with van der Waals surface area (Å²) in [7, 11) is 2.09. The fraction of sp³-hybridized carbons (Fsp3) is 0.538. The first kappa shape index (κ1) is 11.3. The Hall–Kier alpha value is -1.22. The van der Waals surface area contributed by atoms with Gasteiger partial charge in [0.2, 0.25) is 0 Å². The van der Waals surface area contributed by atoms with Gasteiger partial charge in [0.1, 0.15) is 5.75 Å². The number of hydrogen-bond acceptors (Lipinski definition) is 3. The van der Waals surface area contributed by atoms with Crippen LogP contribution >= 0.6 is 0 Å². The second-order valence-corrected chi connectivity index (χ2v) is 4.24. The fourth-order valence-corrected chi connectivity index (χ4v) is 2.00. The van der Waals surface area contributed by atoms with Crippen LogP contribution in [-0.4, -0.2) is 31.9 Å². The normalized spacial score (nSPS) is 13.4. The molecule has 1 aromatic carbocycles. The predicted molar refractivity (Wildman–Crippen MR) is 65.2 cm³/mol. The van der Waals surface area contributed by atoms with Gasteiger partial charge in [0.05, 0.1) is 6.61 Å². The van der Waals surface area contributed by atoms with E-state index in [0.717, 1.165) is 38.2 Å². The Balaban J connectivity index is 1.98. The minimum Gasteiger partial charge on any atom is -0.493 e. The van der Waals surface area contributed by atoms with E-state index in [1.165, 1.54) is 11.3 Å². The van der Waals surface area contributed by atoms with Crippen molar-refractivity contribution in [1.82, 2.24) is 0 Å². The van der Waals surface area contributed by atoms with Crippen LogP contribution in [0.5, 0.6) is 5.75 Å². The van der Waals surface area contributed by atoms with Crippen molar-refractivity contribution in [2.45, 2.75) is 19.3 Å². The Morgan fingerprint density at radius 3 is 3.06 bits per heavy atom. The van der Waals surface area contributed by atoms with Gasteiger partial charge in [-0.1, -0.05) is 0 Å². The molecular weight excluding hydrogens is 202 g/mol. The molecule has 0 spiro atoms. The zero-order valence-corrected chi connectivity index (χ0v) is 9.78.